The SMILES string of the molecule is C[C@@H](NC(=O)CN(C)Cc1cccc(Cl)c1)c1ccc(Cl)cc1. The van der Waals surface area contributed by atoms with Gasteiger partial charge in [0.15, 0.2) is 0 Å². The summed E-state index contributed by atoms with van der Waals surface area (Å²) in [4.78, 5) is 14.1. The maximum absolute atomic E-state index is 12.2. The molecule has 0 saturated carbocycles. The summed E-state index contributed by atoms with van der Waals surface area (Å²) in [5, 5.41) is 4.39. The van der Waals surface area contributed by atoms with Crippen molar-refractivity contribution in [3.05, 3.63) is 69.7 Å². The van der Waals surface area contributed by atoms with E-state index in [0.717, 1.165) is 11.1 Å². The van der Waals surface area contributed by atoms with Crippen molar-refractivity contribution >= 4 is 29.1 Å². The van der Waals surface area contributed by atoms with Crippen molar-refractivity contribution in [2.45, 2.75) is 19.5 Å². The molecule has 5 heteroatoms. The molecule has 0 aliphatic heterocycles. The summed E-state index contributed by atoms with van der Waals surface area (Å²) in [6, 6.07) is 15.1. The van der Waals surface area contributed by atoms with Crippen molar-refractivity contribution in [2.24, 2.45) is 0 Å². The van der Waals surface area contributed by atoms with Gasteiger partial charge in [0.1, 0.15) is 0 Å². The molecule has 0 aliphatic rings. The maximum Gasteiger partial charge on any atom is 0.234 e. The second-order valence-electron chi connectivity index (χ2n) is 5.64. The van der Waals surface area contributed by atoms with E-state index in [9.17, 15) is 4.79 Å². The first-order chi connectivity index (χ1) is 10.9. The van der Waals surface area contributed by atoms with Gasteiger partial charge in [-0.2, -0.15) is 0 Å². The molecule has 0 aliphatic carbocycles. The third kappa shape index (κ3) is 5.87. The van der Waals surface area contributed by atoms with Crippen LogP contribution in [0.25, 0.3) is 0 Å². The first-order valence-electron chi connectivity index (χ1n) is 7.42. The molecular formula is C18H20Cl2N2O. The molecule has 0 bridgehead atoms. The molecule has 0 spiro atoms. The van der Waals surface area contributed by atoms with Crippen molar-refractivity contribution in [3.63, 3.8) is 0 Å². The van der Waals surface area contributed by atoms with Crippen LogP contribution in [0.15, 0.2) is 48.5 Å². The van der Waals surface area contributed by atoms with Crippen LogP contribution in [0.2, 0.25) is 10.0 Å². The molecule has 0 unspecified atom stereocenters. The van der Waals surface area contributed by atoms with Crippen molar-refractivity contribution in [2.75, 3.05) is 13.6 Å². The maximum atomic E-state index is 12.2. The Morgan fingerprint density at radius 3 is 2.48 bits per heavy atom. The van der Waals surface area contributed by atoms with E-state index < -0.39 is 0 Å². The second-order valence-corrected chi connectivity index (χ2v) is 6.52. The number of hydrogen-bond donors (Lipinski definition) is 1. The van der Waals surface area contributed by atoms with Gasteiger partial charge in [-0.25, -0.2) is 0 Å². The minimum atomic E-state index is -0.0562. The molecule has 0 radical (unpaired) electrons. The summed E-state index contributed by atoms with van der Waals surface area (Å²) < 4.78 is 0. The van der Waals surface area contributed by atoms with Crippen molar-refractivity contribution in [1.29, 1.82) is 0 Å². The van der Waals surface area contributed by atoms with Gasteiger partial charge in [0.25, 0.3) is 0 Å². The van der Waals surface area contributed by atoms with E-state index in [1.165, 1.54) is 0 Å². The number of nitrogens with one attached hydrogen (secondary N) is 1. The smallest absolute Gasteiger partial charge is 0.234 e. The fourth-order valence-electron chi connectivity index (χ4n) is 2.37. The summed E-state index contributed by atoms with van der Waals surface area (Å²) in [5.41, 5.74) is 2.11. The molecule has 122 valence electrons. The standard InChI is InChI=1S/C18H20Cl2N2O/c1-13(15-6-8-16(19)9-7-15)21-18(23)12-22(2)11-14-4-3-5-17(20)10-14/h3-10,13H,11-12H2,1-2H3,(H,21,23)/t13-/m1/s1. The van der Waals surface area contributed by atoms with Crippen LogP contribution in [0, 0.1) is 0 Å². The molecule has 3 nitrogen and oxygen atoms in total. The average Bonchev–Trinajstić information content (AvgIpc) is 2.47. The molecule has 2 aromatic rings. The highest BCUT2D eigenvalue weighted by Gasteiger charge is 2.12. The van der Waals surface area contributed by atoms with Gasteiger partial charge in [0.05, 0.1) is 12.6 Å². The minimum absolute atomic E-state index is 0.0167. The first-order valence-corrected chi connectivity index (χ1v) is 8.17. The predicted molar refractivity (Wildman–Crippen MR) is 95.8 cm³/mol. The van der Waals surface area contributed by atoms with Gasteiger partial charge in [0.2, 0.25) is 5.91 Å². The molecular weight excluding hydrogens is 331 g/mol. The van der Waals surface area contributed by atoms with Crippen molar-refractivity contribution in [3.8, 4) is 0 Å². The normalized spacial score (nSPS) is 12.2. The predicted octanol–water partition coefficient (Wildman–Crippen LogP) is 4.30. The Hall–Kier alpha value is -1.55. The Balaban J connectivity index is 1.85. The van der Waals surface area contributed by atoms with Gasteiger partial charge in [-0.15, -0.1) is 0 Å². The summed E-state index contributed by atoms with van der Waals surface area (Å²) in [6.45, 7) is 2.95. The van der Waals surface area contributed by atoms with Gasteiger partial charge >= 0.3 is 0 Å². The van der Waals surface area contributed by atoms with Crippen LogP contribution < -0.4 is 5.32 Å². The zero-order valence-electron chi connectivity index (χ0n) is 13.2. The van der Waals surface area contributed by atoms with E-state index >= 15 is 0 Å². The van der Waals surface area contributed by atoms with Gasteiger partial charge in [-0.3, -0.25) is 9.69 Å². The molecule has 1 atom stereocenters. The molecule has 2 aromatic carbocycles. The Morgan fingerprint density at radius 1 is 1.13 bits per heavy atom. The fourth-order valence-corrected chi connectivity index (χ4v) is 2.71. The highest BCUT2D eigenvalue weighted by Crippen LogP contribution is 2.16. The topological polar surface area (TPSA) is 32.3 Å². The van der Waals surface area contributed by atoms with Crippen molar-refractivity contribution in [1.82, 2.24) is 10.2 Å². The number of rotatable bonds is 6. The summed E-state index contributed by atoms with van der Waals surface area (Å²) in [7, 11) is 1.91. The highest BCUT2D eigenvalue weighted by molar-refractivity contribution is 6.30. The lowest BCUT2D eigenvalue weighted by molar-refractivity contribution is -0.122. The summed E-state index contributed by atoms with van der Waals surface area (Å²) in [5.74, 6) is -0.0167. The minimum Gasteiger partial charge on any atom is -0.348 e. The van der Waals surface area contributed by atoms with Crippen LogP contribution in [0.4, 0.5) is 0 Å². The lowest BCUT2D eigenvalue weighted by atomic mass is 10.1. The number of carbonyl (C=O) groups is 1. The quantitative estimate of drug-likeness (QED) is 0.842. The van der Waals surface area contributed by atoms with Crippen LogP contribution in [0.3, 0.4) is 0 Å². The number of likely N-dealkylation sites (N-methyl/N-ethyl adjacent to an activating group) is 1. The van der Waals surface area contributed by atoms with E-state index in [1.807, 2.05) is 67.4 Å². The van der Waals surface area contributed by atoms with Gasteiger partial charge in [0, 0.05) is 16.6 Å². The number of hydrogen-bond acceptors (Lipinski definition) is 2. The Bertz CT molecular complexity index is 658. The highest BCUT2D eigenvalue weighted by atomic mass is 35.5. The summed E-state index contributed by atoms with van der Waals surface area (Å²) >= 11 is 11.9. The van der Waals surface area contributed by atoms with Crippen LogP contribution in [-0.4, -0.2) is 24.4 Å². The Kier molecular flexibility index (Phi) is 6.46. The number of amides is 1. The third-order valence-corrected chi connectivity index (χ3v) is 3.99. The van der Waals surface area contributed by atoms with E-state index in [-0.39, 0.29) is 11.9 Å². The monoisotopic (exact) mass is 350 g/mol. The van der Waals surface area contributed by atoms with Crippen LogP contribution in [0.5, 0.6) is 0 Å². The van der Waals surface area contributed by atoms with Gasteiger partial charge in [-0.05, 0) is 49.4 Å². The number of halogens is 2. The average molecular weight is 351 g/mol. The zero-order chi connectivity index (χ0) is 16.8. The van der Waals surface area contributed by atoms with Crippen LogP contribution in [-0.2, 0) is 11.3 Å². The van der Waals surface area contributed by atoms with E-state index in [1.54, 1.807) is 0 Å². The summed E-state index contributed by atoms with van der Waals surface area (Å²) in [6.07, 6.45) is 0. The number of carbonyl (C=O) groups excluding carboxylic acids is 1. The van der Waals surface area contributed by atoms with E-state index in [2.05, 4.69) is 5.32 Å². The number of nitrogens with zero attached hydrogens (tertiary/aromatic N) is 1. The molecule has 0 saturated heterocycles. The molecule has 23 heavy (non-hydrogen) atoms. The van der Waals surface area contributed by atoms with Crippen LogP contribution >= 0.6 is 23.2 Å². The Morgan fingerprint density at radius 2 is 1.83 bits per heavy atom. The Labute approximate surface area is 147 Å². The largest absolute Gasteiger partial charge is 0.348 e. The third-order valence-electron chi connectivity index (χ3n) is 3.50. The second kappa shape index (κ2) is 8.34. The van der Waals surface area contributed by atoms with E-state index in [4.69, 9.17) is 23.2 Å². The van der Waals surface area contributed by atoms with Crippen molar-refractivity contribution < 1.29 is 4.79 Å². The molecule has 2 rings (SSSR count). The lowest BCUT2D eigenvalue weighted by Crippen LogP contribution is -2.36. The first kappa shape index (κ1) is 17.8. The van der Waals surface area contributed by atoms with E-state index in [0.29, 0.717) is 23.1 Å². The lowest BCUT2D eigenvalue weighted by Gasteiger charge is -2.19. The zero-order valence-corrected chi connectivity index (χ0v) is 14.7. The molecule has 0 fully saturated rings. The van der Waals surface area contributed by atoms with Crippen LogP contribution in [0.1, 0.15) is 24.1 Å². The number of benzene rings is 2. The van der Waals surface area contributed by atoms with Gasteiger partial charge < -0.3 is 5.32 Å². The fraction of sp³-hybridized carbons (Fsp3) is 0.278. The molecule has 0 heterocycles. The molecule has 0 aromatic heterocycles. The molecule has 1 amide bonds. The molecule has 1 N–H and O–H groups in total. The van der Waals surface area contributed by atoms with Gasteiger partial charge in [-0.1, -0.05) is 47.5 Å².